The second kappa shape index (κ2) is 6.94. The maximum atomic E-state index is 13.6. The molecule has 0 bridgehead atoms. The van der Waals surface area contributed by atoms with E-state index in [0.29, 0.717) is 26.4 Å². The van der Waals surface area contributed by atoms with Crippen LogP contribution in [0, 0.1) is 16.6 Å². The number of halogens is 1. The van der Waals surface area contributed by atoms with Crippen molar-refractivity contribution < 1.29 is 19.0 Å². The zero-order chi connectivity index (χ0) is 16.2. The second-order valence-electron chi connectivity index (χ2n) is 7.19. The molecule has 124 valence electrons. The van der Waals surface area contributed by atoms with E-state index in [0.717, 1.165) is 0 Å². The first kappa shape index (κ1) is 17.2. The van der Waals surface area contributed by atoms with Crippen molar-refractivity contribution in [2.45, 2.75) is 26.8 Å². The first-order valence-corrected chi connectivity index (χ1v) is 7.66. The molecule has 0 aliphatic carbocycles. The molecule has 1 aliphatic rings. The zero-order valence-electron chi connectivity index (χ0n) is 13.6. The summed E-state index contributed by atoms with van der Waals surface area (Å²) in [6, 6.07) is 6.45. The van der Waals surface area contributed by atoms with E-state index in [-0.39, 0.29) is 35.0 Å². The van der Waals surface area contributed by atoms with Crippen molar-refractivity contribution in [3.63, 3.8) is 0 Å². The zero-order valence-corrected chi connectivity index (χ0v) is 13.6. The van der Waals surface area contributed by atoms with Crippen LogP contribution < -0.4 is 10.1 Å². The van der Waals surface area contributed by atoms with Crippen LogP contribution in [0.4, 0.5) is 4.39 Å². The van der Waals surface area contributed by atoms with Crippen molar-refractivity contribution in [2.24, 2.45) is 10.8 Å². The number of hydrogen-bond acceptors (Lipinski definition) is 4. The predicted octanol–water partition coefficient (Wildman–Crippen LogP) is 2.22. The Morgan fingerprint density at radius 2 is 2.05 bits per heavy atom. The van der Waals surface area contributed by atoms with E-state index in [9.17, 15) is 9.50 Å². The predicted molar refractivity (Wildman–Crippen MR) is 83.5 cm³/mol. The Morgan fingerprint density at radius 3 is 2.55 bits per heavy atom. The molecular formula is C17H26FNO3. The molecule has 0 aromatic heterocycles. The van der Waals surface area contributed by atoms with Crippen LogP contribution >= 0.6 is 0 Å². The highest BCUT2D eigenvalue weighted by Gasteiger charge is 2.39. The summed E-state index contributed by atoms with van der Waals surface area (Å²) >= 11 is 0. The third-order valence-electron chi connectivity index (χ3n) is 4.16. The van der Waals surface area contributed by atoms with Gasteiger partial charge in [-0.3, -0.25) is 0 Å². The van der Waals surface area contributed by atoms with Gasteiger partial charge in [0.15, 0.2) is 11.6 Å². The lowest BCUT2D eigenvalue weighted by Gasteiger charge is -2.42. The standard InChI is InChI=1S/C17H26FNO3/c1-16(2,3)15(19-9-17(10-20)11-21-12-17)8-22-14-7-5-4-6-13(14)18/h4-7,15,19-20H,8-12H2,1-3H3. The minimum Gasteiger partial charge on any atom is -0.489 e. The van der Waals surface area contributed by atoms with Crippen LogP contribution in [0.25, 0.3) is 0 Å². The molecule has 1 heterocycles. The maximum absolute atomic E-state index is 13.6. The van der Waals surface area contributed by atoms with Gasteiger partial charge in [-0.05, 0) is 17.5 Å². The van der Waals surface area contributed by atoms with Gasteiger partial charge in [-0.1, -0.05) is 32.9 Å². The van der Waals surface area contributed by atoms with Crippen LogP contribution in [0.5, 0.6) is 5.75 Å². The Hall–Kier alpha value is -1.17. The number of benzene rings is 1. The lowest BCUT2D eigenvalue weighted by atomic mass is 9.83. The molecule has 1 aliphatic heterocycles. The van der Waals surface area contributed by atoms with Crippen molar-refractivity contribution in [2.75, 3.05) is 33.0 Å². The number of ether oxygens (including phenoxy) is 2. The normalized spacial score (nSPS) is 18.6. The van der Waals surface area contributed by atoms with Crippen molar-refractivity contribution in [3.05, 3.63) is 30.1 Å². The molecule has 1 fully saturated rings. The highest BCUT2D eigenvalue weighted by molar-refractivity contribution is 5.23. The van der Waals surface area contributed by atoms with E-state index in [4.69, 9.17) is 9.47 Å². The molecule has 1 aromatic rings. The van der Waals surface area contributed by atoms with E-state index in [1.54, 1.807) is 18.2 Å². The summed E-state index contributed by atoms with van der Waals surface area (Å²) in [6.45, 7) is 8.60. The highest BCUT2D eigenvalue weighted by Crippen LogP contribution is 2.28. The Morgan fingerprint density at radius 1 is 1.36 bits per heavy atom. The minimum atomic E-state index is -0.352. The third kappa shape index (κ3) is 4.18. The molecule has 2 N–H and O–H groups in total. The van der Waals surface area contributed by atoms with E-state index in [1.807, 2.05) is 0 Å². The van der Waals surface area contributed by atoms with Gasteiger partial charge in [0.1, 0.15) is 6.61 Å². The van der Waals surface area contributed by atoms with Crippen LogP contribution in [0.15, 0.2) is 24.3 Å². The van der Waals surface area contributed by atoms with E-state index in [2.05, 4.69) is 26.1 Å². The Bertz CT molecular complexity index is 478. The number of aliphatic hydroxyl groups excluding tert-OH is 1. The number of hydrogen-bond donors (Lipinski definition) is 2. The summed E-state index contributed by atoms with van der Waals surface area (Å²) < 4.78 is 24.5. The van der Waals surface area contributed by atoms with Crippen molar-refractivity contribution in [1.29, 1.82) is 0 Å². The smallest absolute Gasteiger partial charge is 0.165 e. The SMILES string of the molecule is CC(C)(C)C(COc1ccccc1F)NCC1(CO)COC1. The fourth-order valence-corrected chi connectivity index (χ4v) is 2.33. The van der Waals surface area contributed by atoms with Crippen LogP contribution in [0.1, 0.15) is 20.8 Å². The molecule has 22 heavy (non-hydrogen) atoms. The van der Waals surface area contributed by atoms with Crippen molar-refractivity contribution in [3.8, 4) is 5.75 Å². The quantitative estimate of drug-likeness (QED) is 0.811. The number of rotatable bonds is 7. The topological polar surface area (TPSA) is 50.7 Å². The lowest BCUT2D eigenvalue weighted by Crippen LogP contribution is -2.56. The van der Waals surface area contributed by atoms with Crippen LogP contribution in [0.3, 0.4) is 0 Å². The number of aliphatic hydroxyl groups is 1. The molecule has 0 radical (unpaired) electrons. The first-order valence-electron chi connectivity index (χ1n) is 7.66. The number of para-hydroxylation sites is 1. The second-order valence-corrected chi connectivity index (χ2v) is 7.19. The van der Waals surface area contributed by atoms with Gasteiger partial charge in [-0.25, -0.2) is 4.39 Å². The molecule has 2 rings (SSSR count). The summed E-state index contributed by atoms with van der Waals surface area (Å²) in [5.74, 6) is -0.0863. The van der Waals surface area contributed by atoms with Crippen LogP contribution in [-0.4, -0.2) is 44.1 Å². The van der Waals surface area contributed by atoms with Gasteiger partial charge < -0.3 is 19.9 Å². The minimum absolute atomic E-state index is 0.0381. The molecule has 1 saturated heterocycles. The van der Waals surface area contributed by atoms with E-state index < -0.39 is 0 Å². The van der Waals surface area contributed by atoms with E-state index in [1.165, 1.54) is 6.07 Å². The number of nitrogens with one attached hydrogen (secondary N) is 1. The van der Waals surface area contributed by atoms with Crippen molar-refractivity contribution >= 4 is 0 Å². The summed E-state index contributed by atoms with van der Waals surface area (Å²) in [6.07, 6.45) is 0. The summed E-state index contributed by atoms with van der Waals surface area (Å²) in [5.41, 5.74) is -0.242. The highest BCUT2D eigenvalue weighted by atomic mass is 19.1. The molecule has 1 aromatic carbocycles. The van der Waals surface area contributed by atoms with Gasteiger partial charge in [0.05, 0.1) is 25.2 Å². The van der Waals surface area contributed by atoms with E-state index >= 15 is 0 Å². The molecule has 5 heteroatoms. The van der Waals surface area contributed by atoms with Gasteiger partial charge in [0, 0.05) is 12.6 Å². The Kier molecular flexibility index (Phi) is 5.42. The van der Waals surface area contributed by atoms with Gasteiger partial charge >= 0.3 is 0 Å². The molecular weight excluding hydrogens is 285 g/mol. The third-order valence-corrected chi connectivity index (χ3v) is 4.16. The fraction of sp³-hybridized carbons (Fsp3) is 0.647. The average molecular weight is 311 g/mol. The molecule has 0 saturated carbocycles. The van der Waals surface area contributed by atoms with Crippen LogP contribution in [0.2, 0.25) is 0 Å². The first-order chi connectivity index (χ1) is 10.4. The molecule has 1 atom stereocenters. The maximum Gasteiger partial charge on any atom is 0.165 e. The molecule has 0 amide bonds. The lowest BCUT2D eigenvalue weighted by molar-refractivity contribution is -0.136. The summed E-state index contributed by atoms with van der Waals surface area (Å²) in [4.78, 5) is 0. The Balaban J connectivity index is 1.94. The average Bonchev–Trinajstić information content (AvgIpc) is 2.41. The monoisotopic (exact) mass is 311 g/mol. The van der Waals surface area contributed by atoms with Gasteiger partial charge in [0.2, 0.25) is 0 Å². The van der Waals surface area contributed by atoms with Crippen LogP contribution in [-0.2, 0) is 4.74 Å². The Labute approximate surface area is 131 Å². The van der Waals surface area contributed by atoms with Gasteiger partial charge in [-0.15, -0.1) is 0 Å². The molecule has 4 nitrogen and oxygen atoms in total. The van der Waals surface area contributed by atoms with Gasteiger partial charge in [0.25, 0.3) is 0 Å². The summed E-state index contributed by atoms with van der Waals surface area (Å²) in [5, 5.41) is 13.0. The molecule has 1 unspecified atom stereocenters. The summed E-state index contributed by atoms with van der Waals surface area (Å²) in [7, 11) is 0. The largest absolute Gasteiger partial charge is 0.489 e. The van der Waals surface area contributed by atoms with Gasteiger partial charge in [-0.2, -0.15) is 0 Å². The molecule has 0 spiro atoms. The van der Waals surface area contributed by atoms with Crippen molar-refractivity contribution in [1.82, 2.24) is 5.32 Å². The fourth-order valence-electron chi connectivity index (χ4n) is 2.33.